The third-order valence-electron chi connectivity index (χ3n) is 4.14. The standard InChI is InChI=1S/C17H17Cl2NO3/c1-9-3-10(2)8-20(7-9)16(21)13-5-11-4-12(18)6-14(19)15(11)23-17(13)22/h4-6,9-10H,3,7-8H2,1-2H3/t9-,10-/m0/s1. The fourth-order valence-corrected chi connectivity index (χ4v) is 3.85. The molecule has 1 aromatic carbocycles. The van der Waals surface area contributed by atoms with E-state index in [0.29, 0.717) is 35.3 Å². The van der Waals surface area contributed by atoms with Gasteiger partial charge in [-0.05, 0) is 36.5 Å². The monoisotopic (exact) mass is 353 g/mol. The number of carbonyl (C=O) groups is 1. The highest BCUT2D eigenvalue weighted by molar-refractivity contribution is 6.38. The molecule has 3 rings (SSSR count). The van der Waals surface area contributed by atoms with Crippen molar-refractivity contribution in [2.45, 2.75) is 20.3 Å². The molecular formula is C17H17Cl2NO3. The summed E-state index contributed by atoms with van der Waals surface area (Å²) in [4.78, 5) is 26.7. The van der Waals surface area contributed by atoms with Crippen molar-refractivity contribution in [1.29, 1.82) is 0 Å². The Morgan fingerprint density at radius 3 is 2.48 bits per heavy atom. The molecule has 2 atom stereocenters. The van der Waals surface area contributed by atoms with Crippen molar-refractivity contribution in [3.8, 4) is 0 Å². The number of piperidine rings is 1. The molecule has 2 aromatic rings. The molecule has 4 nitrogen and oxygen atoms in total. The first-order valence-corrected chi connectivity index (χ1v) is 8.33. The lowest BCUT2D eigenvalue weighted by atomic mass is 9.91. The highest BCUT2D eigenvalue weighted by atomic mass is 35.5. The quantitative estimate of drug-likeness (QED) is 0.721. The molecule has 23 heavy (non-hydrogen) atoms. The third-order valence-corrected chi connectivity index (χ3v) is 4.64. The second-order valence-electron chi connectivity index (χ2n) is 6.41. The van der Waals surface area contributed by atoms with Gasteiger partial charge in [-0.3, -0.25) is 4.79 Å². The van der Waals surface area contributed by atoms with E-state index in [2.05, 4.69) is 13.8 Å². The number of nitrogens with zero attached hydrogens (tertiary/aromatic N) is 1. The summed E-state index contributed by atoms with van der Waals surface area (Å²) in [5.41, 5.74) is -0.396. The van der Waals surface area contributed by atoms with Gasteiger partial charge in [0.15, 0.2) is 5.58 Å². The Morgan fingerprint density at radius 1 is 1.17 bits per heavy atom. The first-order chi connectivity index (χ1) is 10.8. The summed E-state index contributed by atoms with van der Waals surface area (Å²) in [7, 11) is 0. The van der Waals surface area contributed by atoms with Gasteiger partial charge in [0.2, 0.25) is 0 Å². The Bertz CT molecular complexity index is 820. The van der Waals surface area contributed by atoms with Crippen LogP contribution in [0, 0.1) is 11.8 Å². The minimum Gasteiger partial charge on any atom is -0.421 e. The van der Waals surface area contributed by atoms with Crippen LogP contribution in [0.4, 0.5) is 0 Å². The molecule has 0 radical (unpaired) electrons. The van der Waals surface area contributed by atoms with E-state index in [1.165, 1.54) is 12.1 Å². The van der Waals surface area contributed by atoms with Gasteiger partial charge in [0.1, 0.15) is 5.56 Å². The lowest BCUT2D eigenvalue weighted by Crippen LogP contribution is -2.43. The number of carbonyl (C=O) groups excluding carboxylic acids is 1. The lowest BCUT2D eigenvalue weighted by Gasteiger charge is -2.34. The zero-order valence-corrected chi connectivity index (χ0v) is 14.4. The SMILES string of the molecule is C[C@H]1C[C@H](C)CN(C(=O)c2cc3cc(Cl)cc(Cl)c3oc2=O)C1. The van der Waals surface area contributed by atoms with Crippen LogP contribution < -0.4 is 5.63 Å². The smallest absolute Gasteiger partial charge is 0.349 e. The zero-order valence-electron chi connectivity index (χ0n) is 12.9. The van der Waals surface area contributed by atoms with Crippen LogP contribution >= 0.6 is 23.2 Å². The lowest BCUT2D eigenvalue weighted by molar-refractivity contribution is 0.0619. The van der Waals surface area contributed by atoms with Gasteiger partial charge in [0, 0.05) is 23.5 Å². The Labute approximate surface area is 144 Å². The van der Waals surface area contributed by atoms with Gasteiger partial charge in [0.25, 0.3) is 5.91 Å². The van der Waals surface area contributed by atoms with Crippen molar-refractivity contribution < 1.29 is 9.21 Å². The first kappa shape index (κ1) is 16.3. The van der Waals surface area contributed by atoms with Crippen LogP contribution in [-0.4, -0.2) is 23.9 Å². The average molecular weight is 354 g/mol. The number of fused-ring (bicyclic) bond motifs is 1. The molecule has 0 aliphatic carbocycles. The molecule has 2 heterocycles. The van der Waals surface area contributed by atoms with Crippen LogP contribution in [0.15, 0.2) is 27.4 Å². The van der Waals surface area contributed by atoms with Gasteiger partial charge in [-0.2, -0.15) is 0 Å². The maximum absolute atomic E-state index is 12.7. The van der Waals surface area contributed by atoms with Crippen LogP contribution in [0.5, 0.6) is 0 Å². The number of hydrogen-bond acceptors (Lipinski definition) is 3. The Kier molecular flexibility index (Phi) is 4.39. The van der Waals surface area contributed by atoms with Crippen LogP contribution in [0.2, 0.25) is 10.0 Å². The first-order valence-electron chi connectivity index (χ1n) is 7.57. The van der Waals surface area contributed by atoms with E-state index in [0.717, 1.165) is 6.42 Å². The molecular weight excluding hydrogens is 337 g/mol. The molecule has 1 aliphatic rings. The number of rotatable bonds is 1. The number of benzene rings is 1. The molecule has 122 valence electrons. The van der Waals surface area contributed by atoms with Crippen molar-refractivity contribution in [1.82, 2.24) is 4.90 Å². The van der Waals surface area contributed by atoms with Gasteiger partial charge in [-0.1, -0.05) is 37.0 Å². The van der Waals surface area contributed by atoms with Crippen LogP contribution in [-0.2, 0) is 0 Å². The van der Waals surface area contributed by atoms with Gasteiger partial charge in [-0.25, -0.2) is 4.79 Å². The summed E-state index contributed by atoms with van der Waals surface area (Å²) in [6.45, 7) is 5.52. The number of hydrogen-bond donors (Lipinski definition) is 0. The number of amides is 1. The summed E-state index contributed by atoms with van der Waals surface area (Å²) in [5, 5.41) is 1.22. The largest absolute Gasteiger partial charge is 0.421 e. The van der Waals surface area contributed by atoms with Crippen molar-refractivity contribution in [3.05, 3.63) is 44.2 Å². The van der Waals surface area contributed by atoms with E-state index < -0.39 is 5.63 Å². The van der Waals surface area contributed by atoms with Crippen molar-refractivity contribution in [3.63, 3.8) is 0 Å². The molecule has 0 saturated carbocycles. The van der Waals surface area contributed by atoms with E-state index in [-0.39, 0.29) is 22.1 Å². The van der Waals surface area contributed by atoms with E-state index in [4.69, 9.17) is 27.6 Å². The fraction of sp³-hybridized carbons (Fsp3) is 0.412. The third kappa shape index (κ3) is 3.24. The molecule has 1 saturated heterocycles. The van der Waals surface area contributed by atoms with Gasteiger partial charge in [0.05, 0.1) is 5.02 Å². The number of halogens is 2. The zero-order chi connectivity index (χ0) is 16.7. The van der Waals surface area contributed by atoms with Crippen molar-refractivity contribution >= 4 is 40.1 Å². The fourth-order valence-electron chi connectivity index (χ4n) is 3.31. The molecule has 6 heteroatoms. The van der Waals surface area contributed by atoms with E-state index in [9.17, 15) is 9.59 Å². The maximum atomic E-state index is 12.7. The number of likely N-dealkylation sites (tertiary alicyclic amines) is 1. The summed E-state index contributed by atoms with van der Waals surface area (Å²) < 4.78 is 5.25. The molecule has 1 amide bonds. The normalized spacial score (nSPS) is 21.7. The Morgan fingerprint density at radius 2 is 1.83 bits per heavy atom. The Hall–Kier alpha value is -1.52. The molecule has 0 N–H and O–H groups in total. The summed E-state index contributed by atoms with van der Waals surface area (Å²) in [6, 6.07) is 4.65. The van der Waals surface area contributed by atoms with Crippen LogP contribution in [0.25, 0.3) is 11.0 Å². The highest BCUT2D eigenvalue weighted by Gasteiger charge is 2.28. The molecule has 0 spiro atoms. The van der Waals surface area contributed by atoms with Crippen LogP contribution in [0.1, 0.15) is 30.6 Å². The maximum Gasteiger partial charge on any atom is 0.349 e. The predicted octanol–water partition coefficient (Wildman–Crippen LogP) is 4.22. The summed E-state index contributed by atoms with van der Waals surface area (Å²) >= 11 is 12.0. The second-order valence-corrected chi connectivity index (χ2v) is 7.25. The molecule has 1 aliphatic heterocycles. The summed E-state index contributed by atoms with van der Waals surface area (Å²) in [6.07, 6.45) is 1.08. The highest BCUT2D eigenvalue weighted by Crippen LogP contribution is 2.28. The van der Waals surface area contributed by atoms with E-state index >= 15 is 0 Å². The second kappa shape index (κ2) is 6.17. The van der Waals surface area contributed by atoms with Crippen molar-refractivity contribution in [2.24, 2.45) is 11.8 Å². The van der Waals surface area contributed by atoms with Gasteiger partial charge in [-0.15, -0.1) is 0 Å². The molecule has 0 unspecified atom stereocenters. The van der Waals surface area contributed by atoms with E-state index in [1.807, 2.05) is 0 Å². The topological polar surface area (TPSA) is 50.5 Å². The average Bonchev–Trinajstić information content (AvgIpc) is 2.46. The molecule has 1 aromatic heterocycles. The molecule has 1 fully saturated rings. The van der Waals surface area contributed by atoms with Crippen molar-refractivity contribution in [2.75, 3.05) is 13.1 Å². The van der Waals surface area contributed by atoms with Crippen LogP contribution in [0.3, 0.4) is 0 Å². The Balaban J connectivity index is 2.04. The van der Waals surface area contributed by atoms with Gasteiger partial charge < -0.3 is 9.32 Å². The van der Waals surface area contributed by atoms with Gasteiger partial charge >= 0.3 is 5.63 Å². The molecule has 0 bridgehead atoms. The summed E-state index contributed by atoms with van der Waals surface area (Å²) in [5.74, 6) is 0.535. The van der Waals surface area contributed by atoms with E-state index in [1.54, 1.807) is 11.0 Å². The minimum absolute atomic E-state index is 0.0251. The predicted molar refractivity (Wildman–Crippen MR) is 91.4 cm³/mol. The minimum atomic E-state index is -0.669.